The van der Waals surface area contributed by atoms with Gasteiger partial charge in [-0.25, -0.2) is 4.68 Å². The van der Waals surface area contributed by atoms with Crippen LogP contribution < -0.4 is 11.2 Å². The molecule has 2 aromatic heterocycles. The Morgan fingerprint density at radius 3 is 2.65 bits per heavy atom. The predicted molar refractivity (Wildman–Crippen MR) is 77.9 cm³/mol. The van der Waals surface area contributed by atoms with Crippen molar-refractivity contribution in [1.29, 1.82) is 0 Å². The van der Waals surface area contributed by atoms with Crippen LogP contribution in [0, 0.1) is 0 Å². The summed E-state index contributed by atoms with van der Waals surface area (Å²) in [6.45, 7) is 0. The molecule has 0 aromatic carbocycles. The van der Waals surface area contributed by atoms with Gasteiger partial charge in [-0.15, -0.1) is 0 Å². The lowest BCUT2D eigenvalue weighted by Crippen LogP contribution is -2.40. The van der Waals surface area contributed by atoms with Gasteiger partial charge < -0.3 is 5.73 Å². The van der Waals surface area contributed by atoms with Gasteiger partial charge in [-0.3, -0.25) is 15.4 Å². The summed E-state index contributed by atoms with van der Waals surface area (Å²) in [5.41, 5.74) is 8.19. The minimum absolute atomic E-state index is 0.143. The molecule has 0 bridgehead atoms. The van der Waals surface area contributed by atoms with Crippen molar-refractivity contribution in [2.75, 3.05) is 7.05 Å². The largest absolute Gasteiger partial charge is 0.433 e. The zero-order valence-corrected chi connectivity index (χ0v) is 12.0. The Balaban J connectivity index is 2.11. The Morgan fingerprint density at radius 2 is 2.04 bits per heavy atom. The SMILES string of the molecule is CN1NC(n2nc(-c3cccnc3)cc2C(F)(F)F)=CC=C1N. The molecule has 1 aliphatic rings. The van der Waals surface area contributed by atoms with E-state index in [-0.39, 0.29) is 11.5 Å². The molecule has 6 nitrogen and oxygen atoms in total. The molecule has 1 aliphatic heterocycles. The molecule has 0 radical (unpaired) electrons. The molecule has 0 saturated carbocycles. The van der Waals surface area contributed by atoms with E-state index < -0.39 is 11.9 Å². The molecule has 9 heteroatoms. The number of hydrogen-bond acceptors (Lipinski definition) is 5. The van der Waals surface area contributed by atoms with E-state index in [2.05, 4.69) is 15.5 Å². The van der Waals surface area contributed by atoms with Crippen LogP contribution in [-0.4, -0.2) is 26.8 Å². The average molecular weight is 322 g/mol. The number of rotatable bonds is 2. The van der Waals surface area contributed by atoms with Crippen LogP contribution in [0.3, 0.4) is 0 Å². The minimum atomic E-state index is -4.55. The predicted octanol–water partition coefficient (Wildman–Crippen LogP) is 2.01. The number of aromatic nitrogens is 3. The van der Waals surface area contributed by atoms with Gasteiger partial charge in [0.25, 0.3) is 0 Å². The van der Waals surface area contributed by atoms with Crippen molar-refractivity contribution in [2.24, 2.45) is 5.73 Å². The lowest BCUT2D eigenvalue weighted by Gasteiger charge is -2.27. The lowest BCUT2D eigenvalue weighted by atomic mass is 10.2. The highest BCUT2D eigenvalue weighted by Crippen LogP contribution is 2.33. The highest BCUT2D eigenvalue weighted by atomic mass is 19.4. The first kappa shape index (κ1) is 14.9. The van der Waals surface area contributed by atoms with Crippen LogP contribution in [0.4, 0.5) is 13.2 Å². The number of halogens is 3. The van der Waals surface area contributed by atoms with Crippen LogP contribution in [0.5, 0.6) is 0 Å². The molecular formula is C14H13F3N6. The van der Waals surface area contributed by atoms with Gasteiger partial charge in [-0.05, 0) is 30.4 Å². The topological polar surface area (TPSA) is 72.0 Å². The van der Waals surface area contributed by atoms with E-state index >= 15 is 0 Å². The van der Waals surface area contributed by atoms with Gasteiger partial charge in [0.1, 0.15) is 11.6 Å². The maximum absolute atomic E-state index is 13.3. The number of pyridine rings is 1. The summed E-state index contributed by atoms with van der Waals surface area (Å²) in [6, 6.07) is 4.27. The molecule has 3 heterocycles. The van der Waals surface area contributed by atoms with Crippen molar-refractivity contribution >= 4 is 5.82 Å². The Hall–Kier alpha value is -2.97. The van der Waals surface area contributed by atoms with Crippen molar-refractivity contribution in [1.82, 2.24) is 25.2 Å². The van der Waals surface area contributed by atoms with Gasteiger partial charge in [0.2, 0.25) is 0 Å². The molecule has 23 heavy (non-hydrogen) atoms. The van der Waals surface area contributed by atoms with Crippen LogP contribution in [0.1, 0.15) is 5.69 Å². The summed E-state index contributed by atoms with van der Waals surface area (Å²) in [5, 5.41) is 5.46. The van der Waals surface area contributed by atoms with Crippen LogP contribution in [-0.2, 0) is 6.18 Å². The first-order valence-electron chi connectivity index (χ1n) is 6.62. The smallest absolute Gasteiger partial charge is 0.384 e. The fourth-order valence-corrected chi connectivity index (χ4v) is 2.09. The normalized spacial score (nSPS) is 15.0. The van der Waals surface area contributed by atoms with E-state index in [1.165, 1.54) is 23.4 Å². The van der Waals surface area contributed by atoms with Gasteiger partial charge in [-0.1, -0.05) is 0 Å². The van der Waals surface area contributed by atoms with Gasteiger partial charge in [0.05, 0.1) is 5.69 Å². The fourth-order valence-electron chi connectivity index (χ4n) is 2.09. The van der Waals surface area contributed by atoms with Gasteiger partial charge in [-0.2, -0.15) is 18.3 Å². The molecule has 0 unspecified atom stereocenters. The number of allylic oxidation sites excluding steroid dienone is 2. The quantitative estimate of drug-likeness (QED) is 0.885. The fraction of sp³-hybridized carbons (Fsp3) is 0.143. The van der Waals surface area contributed by atoms with Crippen LogP contribution >= 0.6 is 0 Å². The van der Waals surface area contributed by atoms with Crippen molar-refractivity contribution in [3.8, 4) is 11.3 Å². The third-order valence-electron chi connectivity index (χ3n) is 3.27. The molecule has 0 saturated heterocycles. The summed E-state index contributed by atoms with van der Waals surface area (Å²) in [5.74, 6) is 0.520. The highest BCUT2D eigenvalue weighted by Gasteiger charge is 2.37. The van der Waals surface area contributed by atoms with Gasteiger partial charge in [0.15, 0.2) is 5.69 Å². The Bertz CT molecular complexity index is 776. The third kappa shape index (κ3) is 2.85. The molecule has 0 spiro atoms. The monoisotopic (exact) mass is 322 g/mol. The Morgan fingerprint density at radius 1 is 1.26 bits per heavy atom. The number of hydrogen-bond donors (Lipinski definition) is 2. The highest BCUT2D eigenvalue weighted by molar-refractivity contribution is 5.60. The van der Waals surface area contributed by atoms with E-state index in [4.69, 9.17) is 5.73 Å². The molecule has 120 valence electrons. The third-order valence-corrected chi connectivity index (χ3v) is 3.27. The van der Waals surface area contributed by atoms with Gasteiger partial charge >= 0.3 is 6.18 Å². The Kier molecular flexibility index (Phi) is 3.47. The molecule has 0 atom stereocenters. The van der Waals surface area contributed by atoms with Crippen LogP contribution in [0.25, 0.3) is 17.1 Å². The van der Waals surface area contributed by atoms with E-state index in [1.54, 1.807) is 25.4 Å². The maximum atomic E-state index is 13.3. The number of nitrogens with two attached hydrogens (primary N) is 1. The number of nitrogens with zero attached hydrogens (tertiary/aromatic N) is 4. The zero-order chi connectivity index (χ0) is 16.6. The van der Waals surface area contributed by atoms with Crippen molar-refractivity contribution in [3.63, 3.8) is 0 Å². The average Bonchev–Trinajstić information content (AvgIpc) is 2.96. The summed E-state index contributed by atoms with van der Waals surface area (Å²) in [7, 11) is 1.59. The second-order valence-corrected chi connectivity index (χ2v) is 4.88. The second-order valence-electron chi connectivity index (χ2n) is 4.88. The first-order valence-corrected chi connectivity index (χ1v) is 6.62. The molecule has 3 N–H and O–H groups in total. The second kappa shape index (κ2) is 5.34. The zero-order valence-electron chi connectivity index (χ0n) is 12.0. The molecule has 0 aliphatic carbocycles. The number of hydrazine groups is 1. The molecule has 2 aromatic rings. The van der Waals surface area contributed by atoms with Crippen LogP contribution in [0.15, 0.2) is 48.6 Å². The molecular weight excluding hydrogens is 309 g/mol. The van der Waals surface area contributed by atoms with Gasteiger partial charge in [0, 0.05) is 25.0 Å². The van der Waals surface area contributed by atoms with E-state index in [9.17, 15) is 13.2 Å². The summed E-state index contributed by atoms with van der Waals surface area (Å²) in [4.78, 5) is 3.90. The summed E-state index contributed by atoms with van der Waals surface area (Å²) >= 11 is 0. The first-order chi connectivity index (χ1) is 10.9. The van der Waals surface area contributed by atoms with E-state index in [1.807, 2.05) is 0 Å². The maximum Gasteiger partial charge on any atom is 0.433 e. The Labute approximate surface area is 129 Å². The minimum Gasteiger partial charge on any atom is -0.384 e. The molecule has 0 fully saturated rings. The number of nitrogens with one attached hydrogen (secondary N) is 1. The van der Waals surface area contributed by atoms with Crippen LogP contribution in [0.2, 0.25) is 0 Å². The van der Waals surface area contributed by atoms with Crippen molar-refractivity contribution < 1.29 is 13.2 Å². The van der Waals surface area contributed by atoms with E-state index in [0.717, 1.165) is 10.7 Å². The van der Waals surface area contributed by atoms with Crippen molar-refractivity contribution in [3.05, 3.63) is 54.3 Å². The van der Waals surface area contributed by atoms with Crippen molar-refractivity contribution in [2.45, 2.75) is 6.18 Å². The number of alkyl halides is 3. The molecule has 3 rings (SSSR count). The molecule has 0 amide bonds. The lowest BCUT2D eigenvalue weighted by molar-refractivity contribution is -0.142. The van der Waals surface area contributed by atoms with E-state index in [0.29, 0.717) is 11.4 Å². The summed E-state index contributed by atoms with van der Waals surface area (Å²) < 4.78 is 40.8. The summed E-state index contributed by atoms with van der Waals surface area (Å²) in [6.07, 6.45) is 1.38. The standard InChI is InChI=1S/C14H13F3N6/c1-22-12(18)4-5-13(21-22)23-11(14(15,16)17)7-10(20-23)9-3-2-6-19-8-9/h2-8,21H,18H2,1H3.